The van der Waals surface area contributed by atoms with Crippen molar-refractivity contribution in [3.63, 3.8) is 0 Å². The molecule has 0 amide bonds. The predicted molar refractivity (Wildman–Crippen MR) is 167 cm³/mol. The highest BCUT2D eigenvalue weighted by molar-refractivity contribution is 7.89. The van der Waals surface area contributed by atoms with Gasteiger partial charge in [0, 0.05) is 24.4 Å². The van der Waals surface area contributed by atoms with Crippen LogP contribution < -0.4 is 14.7 Å². The number of rotatable bonds is 10. The maximum absolute atomic E-state index is 14.4. The number of sulfonamides is 2. The molecule has 0 heterocycles. The maximum Gasteiger partial charge on any atom is 0.243 e. The van der Waals surface area contributed by atoms with Crippen LogP contribution in [0.4, 0.5) is 13.2 Å². The molecule has 2 N–H and O–H groups in total. The number of carbonyl (C=O) groups is 2. The minimum absolute atomic E-state index is 0.115. The summed E-state index contributed by atoms with van der Waals surface area (Å²) in [5.74, 6) is -4.63. The summed E-state index contributed by atoms with van der Waals surface area (Å²) in [4.78, 5) is 22.6. The molecule has 0 spiro atoms. The van der Waals surface area contributed by atoms with Gasteiger partial charge in [-0.05, 0) is 43.8 Å². The van der Waals surface area contributed by atoms with Crippen LogP contribution in [0.15, 0.2) is 34.1 Å². The molecule has 8 nitrogen and oxygen atoms in total. The SMILES string of the molecule is CC(C)NS(=O)(=O)c1ccc(F)c(C(=O)C(C)(C)C)c1F.CCC.CCCNS(=O)(=O)c1ccc(P)c(C(=O)CC)c1F. The average Bonchev–Trinajstić information content (AvgIpc) is 2.86. The zero-order valence-electron chi connectivity index (χ0n) is 26.2. The van der Waals surface area contributed by atoms with Gasteiger partial charge >= 0.3 is 0 Å². The van der Waals surface area contributed by atoms with Gasteiger partial charge in [-0.3, -0.25) is 9.59 Å². The van der Waals surface area contributed by atoms with Gasteiger partial charge in [0.1, 0.15) is 15.6 Å². The molecular formula is C29H44F3N2O6PS2. The first-order chi connectivity index (χ1) is 19.6. The predicted octanol–water partition coefficient (Wildman–Crippen LogP) is 5.90. The molecule has 0 saturated heterocycles. The Bertz CT molecular complexity index is 1490. The highest BCUT2D eigenvalue weighted by atomic mass is 32.2. The van der Waals surface area contributed by atoms with Gasteiger partial charge in [-0.1, -0.05) is 61.0 Å². The third-order valence-corrected chi connectivity index (χ3v) is 8.85. The Hall–Kier alpha value is -2.18. The summed E-state index contributed by atoms with van der Waals surface area (Å²) in [6.07, 6.45) is 1.97. The van der Waals surface area contributed by atoms with Crippen molar-refractivity contribution in [1.29, 1.82) is 0 Å². The molecule has 2 aromatic carbocycles. The second kappa shape index (κ2) is 17.3. The summed E-state index contributed by atoms with van der Waals surface area (Å²) in [5.41, 5.74) is -2.03. The van der Waals surface area contributed by atoms with E-state index in [1.807, 2.05) is 0 Å². The van der Waals surface area contributed by atoms with E-state index in [2.05, 4.69) is 32.5 Å². The summed E-state index contributed by atoms with van der Waals surface area (Å²) < 4.78 is 94.8. The van der Waals surface area contributed by atoms with Crippen molar-refractivity contribution >= 4 is 46.2 Å². The number of carbonyl (C=O) groups excluding carboxylic acids is 2. The highest BCUT2D eigenvalue weighted by Crippen LogP contribution is 2.28. The van der Waals surface area contributed by atoms with E-state index >= 15 is 0 Å². The van der Waals surface area contributed by atoms with E-state index in [-0.39, 0.29) is 18.5 Å². The molecule has 2 aromatic rings. The van der Waals surface area contributed by atoms with Crippen LogP contribution in [-0.2, 0) is 20.0 Å². The minimum Gasteiger partial charge on any atom is -0.294 e. The molecule has 1 unspecified atom stereocenters. The standard InChI is InChI=1S/C14H19F2NO3S.C12H17FNO3PS.C3H8/c1-8(2)17-21(19,20)10-7-6-9(15)11(12(10)16)13(18)14(3,4)5;1-3-7-14-19(16,17)10-6-5-9(18)11(12(10)13)8(15)4-2;1-3-2/h6-8,17H,1-5H3;5-6,14H,3-4,7,18H2,1-2H3;3H2,1-2H3. The number of hydrogen-bond acceptors (Lipinski definition) is 6. The first-order valence-electron chi connectivity index (χ1n) is 13.8. The van der Waals surface area contributed by atoms with Crippen LogP contribution in [0.2, 0.25) is 0 Å². The molecule has 0 aromatic heterocycles. The van der Waals surface area contributed by atoms with Gasteiger partial charge in [-0.25, -0.2) is 39.5 Å². The van der Waals surface area contributed by atoms with Crippen molar-refractivity contribution in [3.8, 4) is 0 Å². The largest absolute Gasteiger partial charge is 0.294 e. The van der Waals surface area contributed by atoms with Crippen LogP contribution in [0, 0.1) is 22.9 Å². The molecular weight excluding hydrogens is 624 g/mol. The van der Waals surface area contributed by atoms with Gasteiger partial charge in [0.15, 0.2) is 23.2 Å². The van der Waals surface area contributed by atoms with Crippen LogP contribution in [0.3, 0.4) is 0 Å². The topological polar surface area (TPSA) is 126 Å². The van der Waals surface area contributed by atoms with Gasteiger partial charge in [0.25, 0.3) is 0 Å². The maximum atomic E-state index is 14.4. The molecule has 244 valence electrons. The number of hydrogen-bond donors (Lipinski definition) is 2. The molecule has 0 radical (unpaired) electrons. The molecule has 0 aliphatic carbocycles. The second-order valence-electron chi connectivity index (χ2n) is 10.8. The smallest absolute Gasteiger partial charge is 0.243 e. The van der Waals surface area contributed by atoms with Gasteiger partial charge in [-0.15, -0.1) is 9.24 Å². The summed E-state index contributed by atoms with van der Waals surface area (Å²) in [5, 5.41) is 0.360. The minimum atomic E-state index is -4.15. The average molecular weight is 669 g/mol. The molecule has 43 heavy (non-hydrogen) atoms. The Morgan fingerprint density at radius 1 is 0.837 bits per heavy atom. The fourth-order valence-electron chi connectivity index (χ4n) is 3.25. The fraction of sp³-hybridized carbons (Fsp3) is 0.517. The molecule has 14 heteroatoms. The third kappa shape index (κ3) is 11.7. The van der Waals surface area contributed by atoms with Crippen LogP contribution in [0.5, 0.6) is 0 Å². The molecule has 2 rings (SSSR count). The summed E-state index contributed by atoms with van der Waals surface area (Å²) >= 11 is 0. The van der Waals surface area contributed by atoms with E-state index in [0.29, 0.717) is 11.7 Å². The normalized spacial score (nSPS) is 11.8. The lowest BCUT2D eigenvalue weighted by Gasteiger charge is -2.19. The number of benzene rings is 2. The lowest BCUT2D eigenvalue weighted by atomic mass is 9.86. The molecule has 0 saturated carbocycles. The lowest BCUT2D eigenvalue weighted by Crippen LogP contribution is -2.32. The summed E-state index contributed by atoms with van der Waals surface area (Å²) in [6.45, 7) is 15.5. The van der Waals surface area contributed by atoms with Gasteiger partial charge < -0.3 is 0 Å². The van der Waals surface area contributed by atoms with E-state index in [4.69, 9.17) is 0 Å². The summed E-state index contributed by atoms with van der Waals surface area (Å²) in [6, 6.07) is 3.73. The molecule has 0 aliphatic heterocycles. The molecule has 1 atom stereocenters. The van der Waals surface area contributed by atoms with Gasteiger partial charge in [0.2, 0.25) is 20.0 Å². The summed E-state index contributed by atoms with van der Waals surface area (Å²) in [7, 11) is -5.83. The van der Waals surface area contributed by atoms with Crippen LogP contribution >= 0.6 is 9.24 Å². The van der Waals surface area contributed by atoms with E-state index in [9.17, 15) is 39.6 Å². The van der Waals surface area contributed by atoms with Crippen molar-refractivity contribution in [2.75, 3.05) is 6.54 Å². The number of ketones is 2. The Labute approximate surface area is 256 Å². The number of Topliss-reactive ketones (excluding diaryl/α,β-unsaturated/α-hetero) is 2. The highest BCUT2D eigenvalue weighted by Gasteiger charge is 2.32. The molecule has 0 fully saturated rings. The van der Waals surface area contributed by atoms with Crippen LogP contribution in [0.25, 0.3) is 0 Å². The Morgan fingerprint density at radius 2 is 1.30 bits per heavy atom. The van der Waals surface area contributed by atoms with Gasteiger partial charge in [0.05, 0.1) is 11.1 Å². The third-order valence-electron chi connectivity index (χ3n) is 5.21. The van der Waals surface area contributed by atoms with Crippen LogP contribution in [-0.4, -0.2) is 41.0 Å². The van der Waals surface area contributed by atoms with Crippen molar-refractivity contribution in [2.45, 2.75) is 97.4 Å². The quantitative estimate of drug-likeness (QED) is 0.240. The van der Waals surface area contributed by atoms with E-state index < -0.39 is 75.9 Å². The van der Waals surface area contributed by atoms with Crippen molar-refractivity contribution < 1.29 is 39.6 Å². The van der Waals surface area contributed by atoms with E-state index in [0.717, 1.165) is 12.1 Å². The van der Waals surface area contributed by atoms with E-state index in [1.165, 1.54) is 39.3 Å². The van der Waals surface area contributed by atoms with Crippen molar-refractivity contribution in [1.82, 2.24) is 9.44 Å². The lowest BCUT2D eigenvalue weighted by molar-refractivity contribution is 0.0848. The first-order valence-corrected chi connectivity index (χ1v) is 17.3. The molecule has 0 aliphatic rings. The van der Waals surface area contributed by atoms with E-state index in [1.54, 1.807) is 27.7 Å². The zero-order valence-corrected chi connectivity index (χ0v) is 29.0. The van der Waals surface area contributed by atoms with Crippen LogP contribution in [0.1, 0.15) is 102 Å². The Balaban J connectivity index is 0.000000754. The first kappa shape index (κ1) is 40.8. The zero-order chi connectivity index (χ0) is 33.9. The fourth-order valence-corrected chi connectivity index (χ4v) is 6.18. The second-order valence-corrected chi connectivity index (χ2v) is 14.9. The Kier molecular flexibility index (Phi) is 16.5. The monoisotopic (exact) mass is 668 g/mol. The Morgan fingerprint density at radius 3 is 1.74 bits per heavy atom. The van der Waals surface area contributed by atoms with Crippen molar-refractivity contribution in [3.05, 3.63) is 52.8 Å². The number of halogens is 3. The number of nitrogens with one attached hydrogen (secondary N) is 2. The van der Waals surface area contributed by atoms with Crippen molar-refractivity contribution in [2.24, 2.45) is 5.41 Å². The molecule has 0 bridgehead atoms. The van der Waals surface area contributed by atoms with Gasteiger partial charge in [-0.2, -0.15) is 0 Å².